The number of likely N-dealkylation sites (tertiary alicyclic amines) is 1. The predicted octanol–water partition coefficient (Wildman–Crippen LogP) is 7.86. The van der Waals surface area contributed by atoms with Crippen LogP contribution in [0.4, 0.5) is 0 Å². The molecule has 3 heterocycles. The average Bonchev–Trinajstić information content (AvgIpc) is 3.73. The third-order valence-electron chi connectivity index (χ3n) is 10.1. The molecule has 282 valence electrons. The van der Waals surface area contributed by atoms with Gasteiger partial charge in [-0.3, -0.25) is 15.0 Å². The molecule has 0 saturated carbocycles. The number of aliphatic hydroxyl groups excluding tert-OH is 1. The lowest BCUT2D eigenvalue weighted by molar-refractivity contribution is 0.173. The number of pyridine rings is 1. The van der Waals surface area contributed by atoms with Crippen LogP contribution in [0.25, 0.3) is 11.1 Å². The Morgan fingerprint density at radius 3 is 2.44 bits per heavy atom. The smallest absolute Gasteiger partial charge is 0.142 e. The Balaban J connectivity index is 1.17. The van der Waals surface area contributed by atoms with Crippen LogP contribution in [-0.2, 0) is 26.3 Å². The highest BCUT2D eigenvalue weighted by molar-refractivity contribution is 6.32. The summed E-state index contributed by atoms with van der Waals surface area (Å²) in [4.78, 5) is 8.68. The van der Waals surface area contributed by atoms with Crippen molar-refractivity contribution in [2.75, 3.05) is 33.3 Å². The first kappa shape index (κ1) is 38.8. The third-order valence-corrected chi connectivity index (χ3v) is 10.4. The van der Waals surface area contributed by atoms with E-state index in [1.165, 1.54) is 6.20 Å². The van der Waals surface area contributed by atoms with Crippen molar-refractivity contribution in [1.82, 2.24) is 25.0 Å². The van der Waals surface area contributed by atoms with Crippen LogP contribution in [-0.4, -0.2) is 69.5 Å². The zero-order valence-electron chi connectivity index (χ0n) is 31.8. The number of rotatable bonds is 16. The molecule has 0 spiro atoms. The molecule has 2 N–H and O–H groups in total. The Morgan fingerprint density at radius 2 is 1.70 bits per heavy atom. The molecule has 0 aliphatic carbocycles. The molecule has 54 heavy (non-hydrogen) atoms. The van der Waals surface area contributed by atoms with Crippen molar-refractivity contribution < 1.29 is 19.3 Å². The number of β-amino-alcohol motifs (C(OH)–C–C–N with tert-alkyl or cyclic N) is 1. The van der Waals surface area contributed by atoms with Crippen LogP contribution in [0.1, 0.15) is 63.2 Å². The molecular formula is C43H49ClN6O4. The van der Waals surface area contributed by atoms with Gasteiger partial charge in [0.25, 0.3) is 0 Å². The standard InChI is InChI=1S/C43H49ClN6O4/c1-28-34(9-6-10-37(28)38-11-7-12-41(29(38)2)52-16-8-14-50-15-13-36(51)24-50)27-54-43-19-42(53-26-33-17-32(20-45)21-46-22-33)35(18-40(43)44)23-49(5)25-39-30(3)47-48-31(39)4/h6-7,9-12,17-19,21-22,36,51H,8,13-16,23-27H2,1-5H3,(H,47,48). The summed E-state index contributed by atoms with van der Waals surface area (Å²) < 4.78 is 19.1. The first-order valence-corrected chi connectivity index (χ1v) is 18.8. The van der Waals surface area contributed by atoms with E-state index >= 15 is 0 Å². The number of hydrogen-bond acceptors (Lipinski definition) is 9. The number of hydrogen-bond donors (Lipinski definition) is 2. The molecule has 3 aromatic carbocycles. The molecule has 5 aromatic rings. The van der Waals surface area contributed by atoms with Gasteiger partial charge in [0, 0.05) is 73.6 Å². The van der Waals surface area contributed by atoms with Crippen molar-refractivity contribution in [3.63, 3.8) is 0 Å². The van der Waals surface area contributed by atoms with Gasteiger partial charge in [-0.1, -0.05) is 41.9 Å². The van der Waals surface area contributed by atoms with Gasteiger partial charge in [-0.2, -0.15) is 10.4 Å². The van der Waals surface area contributed by atoms with Crippen LogP contribution in [0.2, 0.25) is 5.02 Å². The number of nitriles is 1. The van der Waals surface area contributed by atoms with Gasteiger partial charge in [0.05, 0.1) is 29.0 Å². The maximum Gasteiger partial charge on any atom is 0.142 e. The number of ether oxygens (including phenoxy) is 3. The van der Waals surface area contributed by atoms with E-state index in [2.05, 4.69) is 76.2 Å². The molecule has 0 bridgehead atoms. The largest absolute Gasteiger partial charge is 0.493 e. The van der Waals surface area contributed by atoms with Gasteiger partial charge in [-0.15, -0.1) is 0 Å². The lowest BCUT2D eigenvalue weighted by Gasteiger charge is -2.21. The number of aromatic nitrogens is 3. The highest BCUT2D eigenvalue weighted by Gasteiger charge is 2.20. The summed E-state index contributed by atoms with van der Waals surface area (Å²) in [6, 6.07) is 20.2. The van der Waals surface area contributed by atoms with Gasteiger partial charge in [-0.05, 0) is 93.6 Å². The minimum atomic E-state index is -0.202. The van der Waals surface area contributed by atoms with Crippen LogP contribution >= 0.6 is 11.6 Å². The Bertz CT molecular complexity index is 2090. The van der Waals surface area contributed by atoms with Crippen LogP contribution in [0.5, 0.6) is 17.2 Å². The highest BCUT2D eigenvalue weighted by atomic mass is 35.5. The molecular weight excluding hydrogens is 700 g/mol. The molecule has 0 radical (unpaired) electrons. The molecule has 1 aliphatic rings. The van der Waals surface area contributed by atoms with Gasteiger partial charge < -0.3 is 24.2 Å². The predicted molar refractivity (Wildman–Crippen MR) is 211 cm³/mol. The Hall–Kier alpha value is -4.92. The lowest BCUT2D eigenvalue weighted by Crippen LogP contribution is -2.24. The average molecular weight is 749 g/mol. The zero-order chi connectivity index (χ0) is 38.2. The summed E-state index contributed by atoms with van der Waals surface area (Å²) in [6.07, 6.45) is 4.79. The molecule has 1 saturated heterocycles. The molecule has 1 aliphatic heterocycles. The van der Waals surface area contributed by atoms with Gasteiger partial charge >= 0.3 is 0 Å². The normalized spacial score (nSPS) is 14.4. The van der Waals surface area contributed by atoms with Crippen molar-refractivity contribution in [1.29, 1.82) is 5.26 Å². The van der Waals surface area contributed by atoms with Crippen LogP contribution in [0.3, 0.4) is 0 Å². The molecule has 2 aromatic heterocycles. The fourth-order valence-corrected chi connectivity index (χ4v) is 7.23. The van der Waals surface area contributed by atoms with Crippen molar-refractivity contribution in [3.05, 3.63) is 122 Å². The Kier molecular flexibility index (Phi) is 12.9. The maximum atomic E-state index is 9.81. The SMILES string of the molecule is Cc1n[nH]c(C)c1CN(C)Cc1cc(Cl)c(OCc2cccc(-c3cccc(OCCCN4CCC(O)C4)c3C)c2C)cc1OCc1cncc(C#N)c1. The van der Waals surface area contributed by atoms with Gasteiger partial charge in [0.2, 0.25) is 0 Å². The monoisotopic (exact) mass is 748 g/mol. The quantitative estimate of drug-likeness (QED) is 0.0973. The summed E-state index contributed by atoms with van der Waals surface area (Å²) in [5.74, 6) is 2.04. The van der Waals surface area contributed by atoms with Crippen molar-refractivity contribution >= 4 is 11.6 Å². The fourth-order valence-electron chi connectivity index (χ4n) is 6.99. The Labute approximate surface area is 323 Å². The number of aliphatic hydroxyl groups is 1. The van der Waals surface area contributed by atoms with E-state index in [4.69, 9.17) is 25.8 Å². The van der Waals surface area contributed by atoms with Gasteiger partial charge in [0.1, 0.15) is 36.5 Å². The van der Waals surface area contributed by atoms with E-state index in [1.807, 2.05) is 38.1 Å². The number of benzene rings is 3. The maximum absolute atomic E-state index is 9.81. The van der Waals surface area contributed by atoms with E-state index in [1.54, 1.807) is 12.3 Å². The summed E-state index contributed by atoms with van der Waals surface area (Å²) in [7, 11) is 2.05. The van der Waals surface area contributed by atoms with E-state index < -0.39 is 0 Å². The third kappa shape index (κ3) is 9.59. The molecule has 1 atom stereocenters. The second-order valence-electron chi connectivity index (χ2n) is 14.2. The van der Waals surface area contributed by atoms with E-state index in [0.29, 0.717) is 48.4 Å². The van der Waals surface area contributed by atoms with Gasteiger partial charge in [-0.25, -0.2) is 0 Å². The zero-order valence-corrected chi connectivity index (χ0v) is 32.5. The first-order valence-electron chi connectivity index (χ1n) is 18.4. The second-order valence-corrected chi connectivity index (χ2v) is 14.6. The van der Waals surface area contributed by atoms with Gasteiger partial charge in [0.15, 0.2) is 0 Å². The second kappa shape index (κ2) is 17.9. The van der Waals surface area contributed by atoms with E-state index in [-0.39, 0.29) is 12.7 Å². The lowest BCUT2D eigenvalue weighted by atomic mass is 9.93. The van der Waals surface area contributed by atoms with Crippen LogP contribution < -0.4 is 14.2 Å². The molecule has 6 rings (SSSR count). The summed E-state index contributed by atoms with van der Waals surface area (Å²) >= 11 is 6.91. The fraction of sp³-hybridized carbons (Fsp3) is 0.372. The number of aromatic amines is 1. The highest BCUT2D eigenvalue weighted by Crippen LogP contribution is 2.37. The number of aryl methyl sites for hydroxylation is 2. The molecule has 10 nitrogen and oxygen atoms in total. The Morgan fingerprint density at radius 1 is 0.926 bits per heavy atom. The minimum absolute atomic E-state index is 0.202. The summed E-state index contributed by atoms with van der Waals surface area (Å²) in [5.41, 5.74) is 10.8. The first-order chi connectivity index (χ1) is 26.1. The topological polar surface area (TPSA) is 120 Å². The molecule has 1 unspecified atom stereocenters. The number of nitrogens with zero attached hydrogens (tertiary/aromatic N) is 5. The number of halogens is 1. The minimum Gasteiger partial charge on any atom is -0.493 e. The van der Waals surface area contributed by atoms with Crippen molar-refractivity contribution in [2.24, 2.45) is 0 Å². The molecule has 1 fully saturated rings. The molecule has 11 heteroatoms. The summed E-state index contributed by atoms with van der Waals surface area (Å²) in [6.45, 7) is 13.3. The van der Waals surface area contributed by atoms with E-state index in [0.717, 1.165) is 94.1 Å². The van der Waals surface area contributed by atoms with Crippen LogP contribution in [0, 0.1) is 39.0 Å². The van der Waals surface area contributed by atoms with Crippen molar-refractivity contribution in [3.8, 4) is 34.4 Å². The van der Waals surface area contributed by atoms with Crippen LogP contribution in [0.15, 0.2) is 67.0 Å². The molecule has 0 amide bonds. The number of H-pyrrole nitrogens is 1. The van der Waals surface area contributed by atoms with Crippen molar-refractivity contribution in [2.45, 2.75) is 72.9 Å². The van der Waals surface area contributed by atoms with E-state index in [9.17, 15) is 10.4 Å². The summed E-state index contributed by atoms with van der Waals surface area (Å²) in [5, 5.41) is 27.1. The number of nitrogens with one attached hydrogen (secondary N) is 1.